The lowest BCUT2D eigenvalue weighted by Gasteiger charge is -2.39. The van der Waals surface area contributed by atoms with Crippen molar-refractivity contribution in [2.24, 2.45) is 5.92 Å². The Hall–Kier alpha value is -5.01. The van der Waals surface area contributed by atoms with Crippen LogP contribution in [-0.2, 0) is 16.2 Å². The molecule has 256 valence electrons. The van der Waals surface area contributed by atoms with E-state index in [-0.39, 0.29) is 16.6 Å². The van der Waals surface area contributed by atoms with E-state index in [0.29, 0.717) is 5.92 Å². The maximum Gasteiger partial charge on any atom is 0.182 e. The highest BCUT2D eigenvalue weighted by molar-refractivity contribution is 6.20. The van der Waals surface area contributed by atoms with Crippen LogP contribution in [0, 0.1) is 5.92 Å². The fourth-order valence-corrected chi connectivity index (χ4v) is 11.2. The van der Waals surface area contributed by atoms with Crippen molar-refractivity contribution in [1.82, 2.24) is 0 Å². The Kier molecular flexibility index (Phi) is 6.71. The Morgan fingerprint density at radius 1 is 0.481 bits per heavy atom. The number of hydrogen-bond acceptors (Lipinski definition) is 1. The molecule has 0 aliphatic heterocycles. The molecule has 0 radical (unpaired) electrons. The molecule has 4 aliphatic carbocycles. The summed E-state index contributed by atoms with van der Waals surface area (Å²) >= 11 is 0. The standard InChI is InChI=1S/C51H46O/c1-6-8-17-26-49(4)41-22-13-9-19-33(41)37-27-40-36(28-45(37)49)32-18-11-15-24-43(32)51(48(40)52)44-25-16-12-21-35(44)39-29-46-38(30-47(39)51)34-20-10-14-23-42(34)50(46,5)31(3)7-2/h9-16,18-25,27-31H,6-8,17,26H2,1-5H3/t31-,49+,50-,51?/m0/s1. The van der Waals surface area contributed by atoms with Crippen molar-refractivity contribution in [2.75, 3.05) is 0 Å². The van der Waals surface area contributed by atoms with E-state index in [1.54, 1.807) is 0 Å². The van der Waals surface area contributed by atoms with Gasteiger partial charge in [0.25, 0.3) is 0 Å². The first kappa shape index (κ1) is 31.7. The number of Topliss-reactive ketones (excluding diaryl/α,β-unsaturated/α-hetero) is 1. The van der Waals surface area contributed by atoms with Gasteiger partial charge in [0.05, 0.1) is 0 Å². The van der Waals surface area contributed by atoms with Crippen LogP contribution in [0.15, 0.2) is 121 Å². The number of benzene rings is 6. The van der Waals surface area contributed by atoms with Crippen LogP contribution in [0.1, 0.15) is 116 Å². The molecule has 0 fully saturated rings. The highest BCUT2D eigenvalue weighted by atomic mass is 16.1. The summed E-state index contributed by atoms with van der Waals surface area (Å²) in [7, 11) is 0. The van der Waals surface area contributed by atoms with Gasteiger partial charge >= 0.3 is 0 Å². The second kappa shape index (κ2) is 11.0. The minimum Gasteiger partial charge on any atom is -0.292 e. The van der Waals surface area contributed by atoms with Crippen molar-refractivity contribution in [3.05, 3.63) is 166 Å². The highest BCUT2D eigenvalue weighted by Crippen LogP contribution is 2.63. The minimum atomic E-state index is -0.939. The Morgan fingerprint density at radius 2 is 0.962 bits per heavy atom. The topological polar surface area (TPSA) is 17.1 Å². The third-order valence-electron chi connectivity index (χ3n) is 14.2. The Bertz CT molecular complexity index is 2500. The number of hydrogen-bond donors (Lipinski definition) is 0. The van der Waals surface area contributed by atoms with E-state index in [1.807, 2.05) is 0 Å². The van der Waals surface area contributed by atoms with Gasteiger partial charge in [0.1, 0.15) is 5.41 Å². The average Bonchev–Trinajstić information content (AvgIpc) is 3.72. The molecule has 4 aliphatic rings. The van der Waals surface area contributed by atoms with E-state index in [0.717, 1.165) is 40.7 Å². The number of unbranched alkanes of at least 4 members (excludes halogenated alkanes) is 2. The first-order valence-electron chi connectivity index (χ1n) is 19.6. The third-order valence-corrected chi connectivity index (χ3v) is 14.2. The summed E-state index contributed by atoms with van der Waals surface area (Å²) in [5.74, 6) is 0.656. The molecular formula is C51H46O. The molecule has 0 heterocycles. The average molecular weight is 675 g/mol. The van der Waals surface area contributed by atoms with E-state index in [2.05, 4.69) is 156 Å². The number of carbonyl (C=O) groups is 1. The smallest absolute Gasteiger partial charge is 0.182 e. The number of rotatable bonds is 6. The van der Waals surface area contributed by atoms with Gasteiger partial charge in [-0.2, -0.15) is 0 Å². The summed E-state index contributed by atoms with van der Waals surface area (Å²) in [6.45, 7) is 11.9. The molecule has 10 rings (SSSR count). The van der Waals surface area contributed by atoms with Crippen LogP contribution in [0.25, 0.3) is 44.5 Å². The van der Waals surface area contributed by atoms with Gasteiger partial charge < -0.3 is 0 Å². The van der Waals surface area contributed by atoms with Gasteiger partial charge in [-0.3, -0.25) is 4.79 Å². The largest absolute Gasteiger partial charge is 0.292 e. The van der Waals surface area contributed by atoms with Crippen LogP contribution in [0.2, 0.25) is 0 Å². The van der Waals surface area contributed by atoms with Gasteiger partial charge in [0.15, 0.2) is 5.78 Å². The molecule has 0 saturated heterocycles. The maximum atomic E-state index is 16.0. The molecule has 6 aromatic carbocycles. The van der Waals surface area contributed by atoms with Crippen molar-refractivity contribution in [2.45, 2.75) is 83.0 Å². The Labute approximate surface area is 308 Å². The zero-order valence-electron chi connectivity index (χ0n) is 31.1. The van der Waals surface area contributed by atoms with Crippen molar-refractivity contribution in [3.63, 3.8) is 0 Å². The van der Waals surface area contributed by atoms with E-state index >= 15 is 4.79 Å². The zero-order valence-corrected chi connectivity index (χ0v) is 31.1. The molecule has 1 spiro atoms. The fraction of sp³-hybridized carbons (Fsp3) is 0.275. The van der Waals surface area contributed by atoms with Crippen molar-refractivity contribution < 1.29 is 4.79 Å². The number of ketones is 1. The summed E-state index contributed by atoms with van der Waals surface area (Å²) in [4.78, 5) is 16.0. The van der Waals surface area contributed by atoms with E-state index < -0.39 is 5.41 Å². The zero-order chi connectivity index (χ0) is 35.6. The number of fused-ring (bicyclic) bond motifs is 15. The molecular weight excluding hydrogens is 629 g/mol. The third kappa shape index (κ3) is 3.72. The maximum absolute atomic E-state index is 16.0. The van der Waals surface area contributed by atoms with Crippen LogP contribution in [-0.4, -0.2) is 5.78 Å². The molecule has 0 amide bonds. The SMILES string of the molecule is CCCCC[C@]1(C)c2ccccc2-c2cc3c(cc21)-c1ccccc1C1(C3=O)c2ccccc2-c2cc3c(cc21)-c1ccccc1[C@]3(C)[C@@H](C)CC. The molecule has 4 atom stereocenters. The predicted molar refractivity (Wildman–Crippen MR) is 215 cm³/mol. The lowest BCUT2D eigenvalue weighted by atomic mass is 9.61. The summed E-state index contributed by atoms with van der Waals surface area (Å²) in [5, 5.41) is 0. The van der Waals surface area contributed by atoms with Crippen molar-refractivity contribution >= 4 is 5.78 Å². The lowest BCUT2D eigenvalue weighted by molar-refractivity contribution is 0.0935. The van der Waals surface area contributed by atoms with E-state index in [4.69, 9.17) is 0 Å². The second-order valence-electron chi connectivity index (χ2n) is 16.4. The van der Waals surface area contributed by atoms with Gasteiger partial charge in [0, 0.05) is 16.4 Å². The summed E-state index contributed by atoms with van der Waals surface area (Å²) in [5.41, 5.74) is 18.4. The van der Waals surface area contributed by atoms with E-state index in [1.165, 1.54) is 80.5 Å². The minimum absolute atomic E-state index is 0.0912. The normalized spacial score (nSPS) is 22.9. The predicted octanol–water partition coefficient (Wildman–Crippen LogP) is 13.1. The van der Waals surface area contributed by atoms with Gasteiger partial charge in [0.2, 0.25) is 0 Å². The first-order chi connectivity index (χ1) is 25.3. The van der Waals surface area contributed by atoms with Gasteiger partial charge in [-0.25, -0.2) is 0 Å². The molecule has 52 heavy (non-hydrogen) atoms. The van der Waals surface area contributed by atoms with Crippen LogP contribution in [0.5, 0.6) is 0 Å². The molecule has 0 N–H and O–H groups in total. The fourth-order valence-electron chi connectivity index (χ4n) is 11.2. The van der Waals surface area contributed by atoms with Gasteiger partial charge in [-0.05, 0) is 120 Å². The van der Waals surface area contributed by atoms with Crippen LogP contribution in [0.4, 0.5) is 0 Å². The van der Waals surface area contributed by atoms with Crippen molar-refractivity contribution in [1.29, 1.82) is 0 Å². The first-order valence-corrected chi connectivity index (χ1v) is 19.6. The molecule has 6 aromatic rings. The van der Waals surface area contributed by atoms with Crippen LogP contribution < -0.4 is 0 Å². The lowest BCUT2D eigenvalue weighted by Crippen LogP contribution is -2.40. The molecule has 1 heteroatoms. The highest BCUT2D eigenvalue weighted by Gasteiger charge is 2.56. The Balaban J connectivity index is 1.26. The molecule has 1 unspecified atom stereocenters. The van der Waals surface area contributed by atoms with Gasteiger partial charge in [-0.1, -0.05) is 157 Å². The summed E-state index contributed by atoms with van der Waals surface area (Å²) < 4.78 is 0. The van der Waals surface area contributed by atoms with Crippen LogP contribution in [0.3, 0.4) is 0 Å². The molecule has 0 aromatic heterocycles. The second-order valence-corrected chi connectivity index (χ2v) is 16.4. The molecule has 1 nitrogen and oxygen atoms in total. The summed E-state index contributed by atoms with van der Waals surface area (Å²) in [6, 6.07) is 45.2. The van der Waals surface area contributed by atoms with Gasteiger partial charge in [-0.15, -0.1) is 0 Å². The molecule has 0 saturated carbocycles. The number of carbonyl (C=O) groups excluding carboxylic acids is 1. The van der Waals surface area contributed by atoms with Crippen LogP contribution >= 0.6 is 0 Å². The van der Waals surface area contributed by atoms with E-state index in [9.17, 15) is 0 Å². The monoisotopic (exact) mass is 674 g/mol. The Morgan fingerprint density at radius 3 is 1.60 bits per heavy atom. The quantitative estimate of drug-likeness (QED) is 0.161. The molecule has 0 bridgehead atoms. The van der Waals surface area contributed by atoms with Crippen molar-refractivity contribution in [3.8, 4) is 44.5 Å². The summed E-state index contributed by atoms with van der Waals surface area (Å²) in [6.07, 6.45) is 5.81.